The average molecular weight is 817 g/mol. The van der Waals surface area contributed by atoms with Gasteiger partial charge in [0.05, 0.1) is 57.1 Å². The molecule has 12 nitrogen and oxygen atoms in total. The van der Waals surface area contributed by atoms with E-state index in [9.17, 15) is 8.42 Å². The van der Waals surface area contributed by atoms with E-state index in [2.05, 4.69) is 15.0 Å². The van der Waals surface area contributed by atoms with Crippen LogP contribution < -0.4 is 18.9 Å². The maximum absolute atomic E-state index is 13.7. The number of hydrogen-bond acceptors (Lipinski definition) is 10. The Kier molecular flexibility index (Phi) is 11.0. The number of H-pyrrole nitrogens is 1. The van der Waals surface area contributed by atoms with Gasteiger partial charge >= 0.3 is 0 Å². The van der Waals surface area contributed by atoms with Crippen LogP contribution in [-0.4, -0.2) is 65.7 Å². The summed E-state index contributed by atoms with van der Waals surface area (Å²) in [6.45, 7) is 1.91. The Hall–Kier alpha value is -7.51. The lowest BCUT2D eigenvalue weighted by Crippen LogP contribution is -2.12. The maximum Gasteiger partial charge on any atom is 0.269 e. The Morgan fingerprint density at radius 2 is 0.967 bits per heavy atom. The number of benzene rings is 5. The van der Waals surface area contributed by atoms with Crippen molar-refractivity contribution >= 4 is 32.4 Å². The van der Waals surface area contributed by atoms with Gasteiger partial charge in [0.15, 0.2) is 11.3 Å². The first kappa shape index (κ1) is 39.3. The number of aromatic nitrogens is 6. The molecule has 0 spiro atoms. The van der Waals surface area contributed by atoms with Crippen LogP contribution in [0.1, 0.15) is 5.56 Å². The number of methoxy groups -OCH3 is 4. The van der Waals surface area contributed by atoms with E-state index in [1.54, 1.807) is 71.3 Å². The molecule has 0 aliphatic heterocycles. The molecule has 4 heterocycles. The molecule has 60 heavy (non-hydrogen) atoms. The van der Waals surface area contributed by atoms with Crippen molar-refractivity contribution in [3.05, 3.63) is 152 Å². The fourth-order valence-corrected chi connectivity index (χ4v) is 8.28. The van der Waals surface area contributed by atoms with Gasteiger partial charge in [0, 0.05) is 45.8 Å². The Bertz CT molecular complexity index is 3090. The molecule has 0 bridgehead atoms. The van der Waals surface area contributed by atoms with Gasteiger partial charge in [-0.15, -0.1) is 0 Å². The lowest BCUT2D eigenvalue weighted by atomic mass is 10.1. The van der Waals surface area contributed by atoms with E-state index >= 15 is 0 Å². The van der Waals surface area contributed by atoms with Crippen LogP contribution in [0.5, 0.6) is 23.0 Å². The van der Waals surface area contributed by atoms with Crippen molar-refractivity contribution in [3.8, 4) is 67.8 Å². The third kappa shape index (κ3) is 7.38. The quantitative estimate of drug-likeness (QED) is 0.142. The molecular weight excluding hydrogens is 777 g/mol. The Labute approximate surface area is 347 Å². The van der Waals surface area contributed by atoms with Crippen LogP contribution in [0.25, 0.3) is 67.1 Å². The summed E-state index contributed by atoms with van der Waals surface area (Å²) in [5.41, 5.74) is 9.40. The highest BCUT2D eigenvalue weighted by Crippen LogP contribution is 2.39. The minimum absolute atomic E-state index is 0.169. The number of fused-ring (bicyclic) bond motifs is 2. The first-order valence-corrected chi connectivity index (χ1v) is 20.3. The predicted octanol–water partition coefficient (Wildman–Crippen LogP) is 9.64. The number of para-hydroxylation sites is 4. The molecule has 0 amide bonds. The third-order valence-electron chi connectivity index (χ3n) is 9.98. The molecule has 9 aromatic rings. The number of nitrogens with one attached hydrogen (secondary N) is 1. The average Bonchev–Trinajstić information content (AvgIpc) is 3.91. The minimum Gasteiger partial charge on any atom is -0.496 e. The van der Waals surface area contributed by atoms with Gasteiger partial charge in [-0.05, 0) is 55.5 Å². The summed E-state index contributed by atoms with van der Waals surface area (Å²) in [4.78, 5) is 22.1. The molecule has 300 valence electrons. The number of hydrogen-bond donors (Lipinski definition) is 1. The van der Waals surface area contributed by atoms with Gasteiger partial charge in [-0.2, -0.15) is 0 Å². The topological polar surface area (TPSA) is 143 Å². The SMILES string of the molecule is COc1ccccc1-c1cnc2[nH]cc(-c3ccccc3OC)c2n1.COc1ccccc1-c1cnc2c(n1)c(-c1ccccc1OC)cn2S(=O)(=O)c1ccc(C)cc1. The molecule has 0 fully saturated rings. The molecule has 0 saturated heterocycles. The van der Waals surface area contributed by atoms with Crippen LogP contribution in [-0.2, 0) is 10.0 Å². The second kappa shape index (κ2) is 16.8. The van der Waals surface area contributed by atoms with Crippen LogP contribution in [0.3, 0.4) is 0 Å². The normalized spacial score (nSPS) is 11.2. The molecule has 1 N–H and O–H groups in total. The second-order valence-corrected chi connectivity index (χ2v) is 15.4. The van der Waals surface area contributed by atoms with Gasteiger partial charge in [0.25, 0.3) is 10.0 Å². The number of aromatic amines is 1. The molecule has 4 aromatic heterocycles. The van der Waals surface area contributed by atoms with E-state index in [1.807, 2.05) is 110 Å². The summed E-state index contributed by atoms with van der Waals surface area (Å²) in [5, 5.41) is 0. The molecule has 5 aromatic carbocycles. The van der Waals surface area contributed by atoms with Gasteiger partial charge in [-0.3, -0.25) is 0 Å². The molecule has 0 unspecified atom stereocenters. The lowest BCUT2D eigenvalue weighted by molar-refractivity contribution is 0.416. The highest BCUT2D eigenvalue weighted by molar-refractivity contribution is 7.90. The van der Waals surface area contributed by atoms with E-state index in [4.69, 9.17) is 28.9 Å². The van der Waals surface area contributed by atoms with E-state index < -0.39 is 10.0 Å². The van der Waals surface area contributed by atoms with Gasteiger partial charge in [-0.1, -0.05) is 78.4 Å². The van der Waals surface area contributed by atoms with E-state index in [1.165, 1.54) is 3.97 Å². The zero-order chi connectivity index (χ0) is 41.8. The zero-order valence-electron chi connectivity index (χ0n) is 33.5. The van der Waals surface area contributed by atoms with Crippen LogP contribution >= 0.6 is 0 Å². The highest BCUT2D eigenvalue weighted by atomic mass is 32.2. The van der Waals surface area contributed by atoms with Crippen molar-refractivity contribution in [3.63, 3.8) is 0 Å². The lowest BCUT2D eigenvalue weighted by Gasteiger charge is -2.09. The highest BCUT2D eigenvalue weighted by Gasteiger charge is 2.26. The monoisotopic (exact) mass is 816 g/mol. The molecule has 0 aliphatic carbocycles. The number of aryl methyl sites for hydroxylation is 1. The Balaban J connectivity index is 0.000000176. The molecule has 0 atom stereocenters. The number of ether oxygens (including phenoxy) is 4. The summed E-state index contributed by atoms with van der Waals surface area (Å²) in [6, 6.07) is 37.3. The van der Waals surface area contributed by atoms with Crippen molar-refractivity contribution in [2.45, 2.75) is 11.8 Å². The number of rotatable bonds is 10. The Morgan fingerprint density at radius 3 is 1.50 bits per heavy atom. The minimum atomic E-state index is -3.93. The van der Waals surface area contributed by atoms with Crippen molar-refractivity contribution < 1.29 is 27.4 Å². The smallest absolute Gasteiger partial charge is 0.269 e. The zero-order valence-corrected chi connectivity index (χ0v) is 34.3. The molecule has 0 radical (unpaired) electrons. The van der Waals surface area contributed by atoms with E-state index in [-0.39, 0.29) is 10.5 Å². The van der Waals surface area contributed by atoms with Crippen LogP contribution in [0.4, 0.5) is 0 Å². The molecule has 0 aliphatic rings. The van der Waals surface area contributed by atoms with E-state index in [0.29, 0.717) is 33.8 Å². The summed E-state index contributed by atoms with van der Waals surface area (Å²) in [6.07, 6.45) is 6.79. The van der Waals surface area contributed by atoms with Crippen LogP contribution in [0, 0.1) is 6.92 Å². The molecule has 0 saturated carbocycles. The van der Waals surface area contributed by atoms with Crippen LogP contribution in [0.2, 0.25) is 0 Å². The van der Waals surface area contributed by atoms with Crippen LogP contribution in [0.15, 0.2) is 151 Å². The molecule has 13 heteroatoms. The second-order valence-electron chi connectivity index (χ2n) is 13.5. The summed E-state index contributed by atoms with van der Waals surface area (Å²) < 4.78 is 50.5. The summed E-state index contributed by atoms with van der Waals surface area (Å²) in [7, 11) is 2.56. The van der Waals surface area contributed by atoms with Crippen molar-refractivity contribution in [2.75, 3.05) is 28.4 Å². The van der Waals surface area contributed by atoms with Gasteiger partial charge < -0.3 is 23.9 Å². The van der Waals surface area contributed by atoms with Gasteiger partial charge in [-0.25, -0.2) is 32.3 Å². The standard InChI is InChI=1S/C27H23N3O4S.C20H17N3O2/c1-18-12-14-19(15-13-18)35(31,32)30-17-22(20-8-4-6-10-24(20)33-2)26-27(30)28-16-23(29-26)21-9-5-7-11-25(21)34-3;1-24-17-9-5-3-7-13(17)15-11-21-20-19(15)23-16(12-22-20)14-8-4-6-10-18(14)25-2/h4-17H,1-3H3;3-12H,1-2H3,(H,21,22). The summed E-state index contributed by atoms with van der Waals surface area (Å²) in [5.74, 6) is 2.81. The van der Waals surface area contributed by atoms with Crippen molar-refractivity contribution in [2.24, 2.45) is 0 Å². The first-order valence-electron chi connectivity index (χ1n) is 18.8. The third-order valence-corrected chi connectivity index (χ3v) is 11.6. The predicted molar refractivity (Wildman–Crippen MR) is 233 cm³/mol. The van der Waals surface area contributed by atoms with Gasteiger partial charge in [0.2, 0.25) is 0 Å². The first-order chi connectivity index (χ1) is 29.2. The largest absolute Gasteiger partial charge is 0.496 e. The summed E-state index contributed by atoms with van der Waals surface area (Å²) >= 11 is 0. The van der Waals surface area contributed by atoms with Crippen molar-refractivity contribution in [1.82, 2.24) is 28.9 Å². The molecule has 9 rings (SSSR count). The maximum atomic E-state index is 13.7. The van der Waals surface area contributed by atoms with E-state index in [0.717, 1.165) is 56.2 Å². The number of nitrogens with zero attached hydrogens (tertiary/aromatic N) is 5. The fourth-order valence-electron chi connectivity index (χ4n) is 6.97. The molecular formula is C47H40N6O6S. The Morgan fingerprint density at radius 1 is 0.517 bits per heavy atom. The fraction of sp³-hybridized carbons (Fsp3) is 0.106. The van der Waals surface area contributed by atoms with Gasteiger partial charge in [0.1, 0.15) is 34.0 Å². The van der Waals surface area contributed by atoms with Crippen molar-refractivity contribution in [1.29, 1.82) is 0 Å².